The minimum atomic E-state index is -3.37. The Labute approximate surface area is 129 Å². The molecule has 0 spiro atoms. The molecule has 0 saturated carbocycles. The van der Waals surface area contributed by atoms with Gasteiger partial charge in [-0.2, -0.15) is 4.31 Å². The highest BCUT2D eigenvalue weighted by Crippen LogP contribution is 2.21. The molecule has 21 heavy (non-hydrogen) atoms. The van der Waals surface area contributed by atoms with Gasteiger partial charge >= 0.3 is 0 Å². The molecule has 6 nitrogen and oxygen atoms in total. The zero-order chi connectivity index (χ0) is 15.3. The summed E-state index contributed by atoms with van der Waals surface area (Å²) in [5.74, 6) is -0.0653. The van der Waals surface area contributed by atoms with E-state index < -0.39 is 10.0 Å². The summed E-state index contributed by atoms with van der Waals surface area (Å²) in [4.78, 5) is 13.6. The minimum absolute atomic E-state index is 0.0653. The van der Waals surface area contributed by atoms with Crippen molar-refractivity contribution in [3.63, 3.8) is 0 Å². The second-order valence-corrected chi connectivity index (χ2v) is 7.82. The molecular formula is C13H19N3O3S2. The van der Waals surface area contributed by atoms with Crippen molar-refractivity contribution in [1.29, 1.82) is 0 Å². The fourth-order valence-electron chi connectivity index (χ4n) is 2.11. The van der Waals surface area contributed by atoms with Gasteiger partial charge in [0.2, 0.25) is 5.91 Å². The highest BCUT2D eigenvalue weighted by Gasteiger charge is 2.29. The first kappa shape index (κ1) is 16.2. The Hall–Kier alpha value is -1.22. The third-order valence-electron chi connectivity index (χ3n) is 3.23. The Kier molecular flexibility index (Phi) is 5.51. The van der Waals surface area contributed by atoms with Crippen LogP contribution < -0.4 is 5.32 Å². The van der Waals surface area contributed by atoms with Crippen molar-refractivity contribution >= 4 is 27.3 Å². The van der Waals surface area contributed by atoms with Crippen LogP contribution in [0, 0.1) is 0 Å². The van der Waals surface area contributed by atoms with E-state index in [1.54, 1.807) is 23.6 Å². The molecule has 0 bridgehead atoms. The molecule has 2 rings (SSSR count). The number of hydrogen-bond acceptors (Lipinski definition) is 5. The number of thiophene rings is 1. The molecule has 1 aliphatic heterocycles. The fraction of sp³-hybridized carbons (Fsp3) is 0.462. The van der Waals surface area contributed by atoms with E-state index in [0.29, 0.717) is 43.5 Å². The van der Waals surface area contributed by atoms with Gasteiger partial charge in [0, 0.05) is 32.7 Å². The predicted octanol–water partition coefficient (Wildman–Crippen LogP) is 0.357. The molecule has 0 aliphatic carbocycles. The van der Waals surface area contributed by atoms with Crippen LogP contribution >= 0.6 is 11.3 Å². The van der Waals surface area contributed by atoms with Crippen molar-refractivity contribution < 1.29 is 13.2 Å². The van der Waals surface area contributed by atoms with E-state index in [-0.39, 0.29) is 5.91 Å². The van der Waals surface area contributed by atoms with Crippen LogP contribution in [0.5, 0.6) is 0 Å². The Balaban J connectivity index is 1.86. The van der Waals surface area contributed by atoms with Crippen LogP contribution in [0.4, 0.5) is 0 Å². The van der Waals surface area contributed by atoms with Crippen molar-refractivity contribution in [3.8, 4) is 0 Å². The Morgan fingerprint density at radius 3 is 2.67 bits per heavy atom. The number of carbonyl (C=O) groups excluding carboxylic acids is 1. The number of sulfonamides is 1. The smallest absolute Gasteiger partial charge is 0.252 e. The van der Waals surface area contributed by atoms with Crippen LogP contribution in [0.1, 0.15) is 0 Å². The zero-order valence-corrected chi connectivity index (χ0v) is 13.3. The van der Waals surface area contributed by atoms with Gasteiger partial charge in [-0.1, -0.05) is 12.1 Å². The van der Waals surface area contributed by atoms with E-state index in [1.807, 2.05) is 4.90 Å². The van der Waals surface area contributed by atoms with Crippen LogP contribution in [0.3, 0.4) is 0 Å². The summed E-state index contributed by atoms with van der Waals surface area (Å²) >= 11 is 1.23. The summed E-state index contributed by atoms with van der Waals surface area (Å²) in [5, 5.41) is 4.47. The fourth-order valence-corrected chi connectivity index (χ4v) is 4.68. The third kappa shape index (κ3) is 4.13. The van der Waals surface area contributed by atoms with Crippen molar-refractivity contribution in [3.05, 3.63) is 30.2 Å². The highest BCUT2D eigenvalue weighted by atomic mass is 32.2. The maximum absolute atomic E-state index is 12.3. The Morgan fingerprint density at radius 1 is 1.38 bits per heavy atom. The molecule has 0 atom stereocenters. The van der Waals surface area contributed by atoms with Gasteiger partial charge in [0.15, 0.2) is 0 Å². The van der Waals surface area contributed by atoms with Crippen LogP contribution in [0.15, 0.2) is 34.4 Å². The minimum Gasteiger partial charge on any atom is -0.352 e. The maximum Gasteiger partial charge on any atom is 0.252 e. The van der Waals surface area contributed by atoms with Gasteiger partial charge in [0.1, 0.15) is 4.21 Å². The van der Waals surface area contributed by atoms with Gasteiger partial charge in [-0.25, -0.2) is 8.42 Å². The van der Waals surface area contributed by atoms with Crippen molar-refractivity contribution in [2.75, 3.05) is 39.3 Å². The molecule has 0 unspecified atom stereocenters. The first-order valence-corrected chi connectivity index (χ1v) is 8.99. The first-order chi connectivity index (χ1) is 10.0. The average Bonchev–Trinajstić information content (AvgIpc) is 3.00. The molecule has 1 fully saturated rings. The van der Waals surface area contributed by atoms with Crippen LogP contribution in [0.2, 0.25) is 0 Å². The molecule has 116 valence electrons. The highest BCUT2D eigenvalue weighted by molar-refractivity contribution is 7.91. The maximum atomic E-state index is 12.3. The van der Waals surface area contributed by atoms with E-state index in [2.05, 4.69) is 11.9 Å². The molecule has 1 amide bonds. The van der Waals surface area contributed by atoms with Crippen LogP contribution in [0.25, 0.3) is 0 Å². The molecule has 1 saturated heterocycles. The van der Waals surface area contributed by atoms with Crippen molar-refractivity contribution in [2.24, 2.45) is 0 Å². The van der Waals surface area contributed by atoms with Gasteiger partial charge in [0.05, 0.1) is 6.54 Å². The molecule has 0 radical (unpaired) electrons. The van der Waals surface area contributed by atoms with E-state index >= 15 is 0 Å². The van der Waals surface area contributed by atoms with E-state index in [1.165, 1.54) is 15.6 Å². The molecule has 0 aromatic carbocycles. The quantitative estimate of drug-likeness (QED) is 0.765. The predicted molar refractivity (Wildman–Crippen MR) is 82.7 cm³/mol. The summed E-state index contributed by atoms with van der Waals surface area (Å²) in [6, 6.07) is 3.35. The summed E-state index contributed by atoms with van der Waals surface area (Å²) in [6.07, 6.45) is 1.63. The number of rotatable bonds is 6. The van der Waals surface area contributed by atoms with Gasteiger partial charge in [-0.05, 0) is 11.4 Å². The van der Waals surface area contributed by atoms with E-state index in [4.69, 9.17) is 0 Å². The SMILES string of the molecule is C=CCNC(=O)CN1CCN(S(=O)(=O)c2cccs2)CC1. The Bertz CT molecular complexity index is 576. The largest absolute Gasteiger partial charge is 0.352 e. The standard InChI is InChI=1S/C13H19N3O3S2/c1-2-5-14-12(17)11-15-6-8-16(9-7-15)21(18,19)13-4-3-10-20-13/h2-4,10H,1,5-9,11H2,(H,14,17). The number of hydrogen-bond donors (Lipinski definition) is 1. The molecule has 8 heteroatoms. The monoisotopic (exact) mass is 329 g/mol. The van der Waals surface area contributed by atoms with Gasteiger partial charge in [-0.15, -0.1) is 17.9 Å². The van der Waals surface area contributed by atoms with E-state index in [9.17, 15) is 13.2 Å². The lowest BCUT2D eigenvalue weighted by Gasteiger charge is -2.33. The van der Waals surface area contributed by atoms with E-state index in [0.717, 1.165) is 0 Å². The van der Waals surface area contributed by atoms with Crippen LogP contribution in [-0.4, -0.2) is 62.8 Å². The molecular weight excluding hydrogens is 310 g/mol. The number of nitrogens with zero attached hydrogens (tertiary/aromatic N) is 2. The molecule has 2 heterocycles. The lowest BCUT2D eigenvalue weighted by Crippen LogP contribution is -2.50. The average molecular weight is 329 g/mol. The van der Waals surface area contributed by atoms with Crippen molar-refractivity contribution in [1.82, 2.24) is 14.5 Å². The summed E-state index contributed by atoms with van der Waals surface area (Å²) in [7, 11) is -3.37. The van der Waals surface area contributed by atoms with Gasteiger partial charge < -0.3 is 5.32 Å². The first-order valence-electron chi connectivity index (χ1n) is 6.67. The number of amides is 1. The molecule has 1 aliphatic rings. The lowest BCUT2D eigenvalue weighted by atomic mass is 10.3. The second-order valence-electron chi connectivity index (χ2n) is 4.71. The topological polar surface area (TPSA) is 69.7 Å². The number of piperazine rings is 1. The third-order valence-corrected chi connectivity index (χ3v) is 6.50. The van der Waals surface area contributed by atoms with Crippen LogP contribution in [-0.2, 0) is 14.8 Å². The van der Waals surface area contributed by atoms with Gasteiger partial charge in [0.25, 0.3) is 10.0 Å². The lowest BCUT2D eigenvalue weighted by molar-refractivity contribution is -0.122. The van der Waals surface area contributed by atoms with Gasteiger partial charge in [-0.3, -0.25) is 9.69 Å². The summed E-state index contributed by atoms with van der Waals surface area (Å²) in [5.41, 5.74) is 0. The number of carbonyl (C=O) groups is 1. The second kappa shape index (κ2) is 7.17. The zero-order valence-electron chi connectivity index (χ0n) is 11.7. The molecule has 1 aromatic heterocycles. The normalized spacial score (nSPS) is 17.5. The summed E-state index contributed by atoms with van der Waals surface area (Å²) < 4.78 is 26.5. The Morgan fingerprint density at radius 2 is 2.10 bits per heavy atom. The van der Waals surface area contributed by atoms with Crippen molar-refractivity contribution in [2.45, 2.75) is 4.21 Å². The number of nitrogens with one attached hydrogen (secondary N) is 1. The molecule has 1 N–H and O–H groups in total. The summed E-state index contributed by atoms with van der Waals surface area (Å²) in [6.45, 7) is 6.23. The molecule has 1 aromatic rings.